The molecule has 1 aromatic heterocycles. The Kier molecular flexibility index (Phi) is 4.29. The zero-order chi connectivity index (χ0) is 12.3. The van der Waals surface area contributed by atoms with E-state index in [2.05, 4.69) is 18.8 Å². The topological polar surface area (TPSA) is 59.2 Å². The maximum Gasteiger partial charge on any atom is 0.273 e. The summed E-state index contributed by atoms with van der Waals surface area (Å²) in [5.41, 5.74) is 5.99. The fraction of sp³-hybridized carbons (Fsp3) is 0.636. The fourth-order valence-electron chi connectivity index (χ4n) is 1.45. The van der Waals surface area contributed by atoms with E-state index in [0.29, 0.717) is 16.7 Å². The van der Waals surface area contributed by atoms with Crippen LogP contribution in [0.15, 0.2) is 5.38 Å². The van der Waals surface area contributed by atoms with Crippen LogP contribution in [0.5, 0.6) is 0 Å². The third-order valence-electron chi connectivity index (χ3n) is 2.19. The minimum Gasteiger partial charge on any atom is -0.375 e. The first-order chi connectivity index (χ1) is 7.41. The van der Waals surface area contributed by atoms with Crippen LogP contribution in [0.1, 0.15) is 38.2 Å². The molecule has 16 heavy (non-hydrogen) atoms. The number of amides is 1. The molecule has 0 saturated heterocycles. The maximum atomic E-state index is 12.1. The zero-order valence-electron chi connectivity index (χ0n) is 10.2. The van der Waals surface area contributed by atoms with Gasteiger partial charge in [0.05, 0.1) is 0 Å². The van der Waals surface area contributed by atoms with Gasteiger partial charge in [0.2, 0.25) is 0 Å². The minimum atomic E-state index is -0.0309. The molecule has 0 radical (unpaired) electrons. The Morgan fingerprint density at radius 3 is 2.50 bits per heavy atom. The highest BCUT2D eigenvalue weighted by Crippen LogP contribution is 2.15. The average molecular weight is 241 g/mol. The van der Waals surface area contributed by atoms with Crippen LogP contribution >= 0.6 is 11.3 Å². The van der Waals surface area contributed by atoms with Crippen LogP contribution in [-0.4, -0.2) is 28.4 Å². The maximum absolute atomic E-state index is 12.1. The molecule has 0 aromatic carbocycles. The Balaban J connectivity index is 2.83. The third kappa shape index (κ3) is 3.20. The average Bonchev–Trinajstić information content (AvgIpc) is 2.59. The second kappa shape index (κ2) is 5.30. The molecule has 2 N–H and O–H groups in total. The van der Waals surface area contributed by atoms with E-state index in [1.54, 1.807) is 5.38 Å². The van der Waals surface area contributed by atoms with Crippen LogP contribution < -0.4 is 5.73 Å². The van der Waals surface area contributed by atoms with E-state index < -0.39 is 0 Å². The molecule has 0 unspecified atom stereocenters. The Hall–Kier alpha value is -1.10. The van der Waals surface area contributed by atoms with Crippen molar-refractivity contribution >= 4 is 22.4 Å². The summed E-state index contributed by atoms with van der Waals surface area (Å²) in [5, 5.41) is 2.16. The predicted octanol–water partition coefficient (Wildman–Crippen LogP) is 2.23. The molecule has 5 heteroatoms. The lowest BCUT2D eigenvalue weighted by molar-refractivity contribution is 0.0677. The fourth-order valence-corrected chi connectivity index (χ4v) is 1.99. The van der Waals surface area contributed by atoms with Gasteiger partial charge in [0.15, 0.2) is 5.13 Å². The summed E-state index contributed by atoms with van der Waals surface area (Å²) in [6.07, 6.45) is 0. The van der Waals surface area contributed by atoms with Gasteiger partial charge in [0, 0.05) is 18.0 Å². The molecule has 1 amide bonds. The molecule has 0 aliphatic heterocycles. The Morgan fingerprint density at radius 1 is 1.50 bits per heavy atom. The summed E-state index contributed by atoms with van der Waals surface area (Å²) < 4.78 is 0. The van der Waals surface area contributed by atoms with Crippen molar-refractivity contribution in [2.45, 2.75) is 33.7 Å². The molecule has 0 fully saturated rings. The van der Waals surface area contributed by atoms with Crippen molar-refractivity contribution in [2.75, 3.05) is 12.3 Å². The van der Waals surface area contributed by atoms with E-state index in [1.165, 1.54) is 11.3 Å². The molecule has 0 bridgehead atoms. The molecule has 0 saturated carbocycles. The molecule has 0 atom stereocenters. The molecule has 0 aliphatic carbocycles. The van der Waals surface area contributed by atoms with E-state index in [1.807, 2.05) is 18.7 Å². The number of carbonyl (C=O) groups is 1. The highest BCUT2D eigenvalue weighted by molar-refractivity contribution is 7.13. The van der Waals surface area contributed by atoms with Crippen molar-refractivity contribution < 1.29 is 4.79 Å². The van der Waals surface area contributed by atoms with Gasteiger partial charge in [0.25, 0.3) is 5.91 Å². The van der Waals surface area contributed by atoms with Crippen LogP contribution in [0.4, 0.5) is 5.13 Å². The van der Waals surface area contributed by atoms with Crippen LogP contribution in [0.3, 0.4) is 0 Å². The highest BCUT2D eigenvalue weighted by atomic mass is 32.1. The summed E-state index contributed by atoms with van der Waals surface area (Å²) in [5.74, 6) is 0.416. The lowest BCUT2D eigenvalue weighted by atomic mass is 10.1. The number of anilines is 1. The summed E-state index contributed by atoms with van der Waals surface area (Å²) in [4.78, 5) is 18.0. The first kappa shape index (κ1) is 13.0. The van der Waals surface area contributed by atoms with Gasteiger partial charge in [-0.05, 0) is 19.8 Å². The molecular formula is C11H19N3OS. The second-order valence-corrected chi connectivity index (χ2v) is 5.41. The van der Waals surface area contributed by atoms with Crippen LogP contribution in [0.25, 0.3) is 0 Å². The summed E-state index contributed by atoms with van der Waals surface area (Å²) in [6.45, 7) is 8.95. The molecule has 1 aromatic rings. The van der Waals surface area contributed by atoms with Gasteiger partial charge in [0.1, 0.15) is 5.69 Å². The van der Waals surface area contributed by atoms with Crippen molar-refractivity contribution in [3.05, 3.63) is 11.1 Å². The van der Waals surface area contributed by atoms with Gasteiger partial charge in [-0.3, -0.25) is 4.79 Å². The van der Waals surface area contributed by atoms with Gasteiger partial charge >= 0.3 is 0 Å². The van der Waals surface area contributed by atoms with Crippen molar-refractivity contribution in [1.82, 2.24) is 9.88 Å². The zero-order valence-corrected chi connectivity index (χ0v) is 11.0. The number of thiazole rings is 1. The largest absolute Gasteiger partial charge is 0.375 e. The first-order valence-corrected chi connectivity index (χ1v) is 6.31. The van der Waals surface area contributed by atoms with Crippen molar-refractivity contribution in [1.29, 1.82) is 0 Å². The van der Waals surface area contributed by atoms with E-state index in [4.69, 9.17) is 5.73 Å². The standard InChI is InChI=1S/C11H19N3OS/c1-7(2)5-14(8(3)4)10(15)9-6-16-11(12)13-9/h6-8H,5H2,1-4H3,(H2,12,13). The van der Waals surface area contributed by atoms with Crippen LogP contribution in [0.2, 0.25) is 0 Å². The normalized spacial score (nSPS) is 11.1. The minimum absolute atomic E-state index is 0.0309. The van der Waals surface area contributed by atoms with Crippen molar-refractivity contribution in [3.63, 3.8) is 0 Å². The van der Waals surface area contributed by atoms with Crippen molar-refractivity contribution in [2.24, 2.45) is 5.92 Å². The molecule has 0 spiro atoms. The monoisotopic (exact) mass is 241 g/mol. The Morgan fingerprint density at radius 2 is 2.12 bits per heavy atom. The first-order valence-electron chi connectivity index (χ1n) is 5.43. The number of aromatic nitrogens is 1. The highest BCUT2D eigenvalue weighted by Gasteiger charge is 2.21. The number of nitrogen functional groups attached to an aromatic ring is 1. The van der Waals surface area contributed by atoms with Gasteiger partial charge < -0.3 is 10.6 Å². The Bertz CT molecular complexity index is 360. The number of carbonyl (C=O) groups excluding carboxylic acids is 1. The molecule has 1 heterocycles. The molecule has 4 nitrogen and oxygen atoms in total. The second-order valence-electron chi connectivity index (χ2n) is 4.52. The van der Waals surface area contributed by atoms with E-state index in [9.17, 15) is 4.79 Å². The lowest BCUT2D eigenvalue weighted by Crippen LogP contribution is -2.39. The number of hydrogen-bond donors (Lipinski definition) is 1. The summed E-state index contributed by atoms with van der Waals surface area (Å²) in [7, 11) is 0. The number of hydrogen-bond acceptors (Lipinski definition) is 4. The number of nitrogens with two attached hydrogens (primary N) is 1. The van der Waals surface area contributed by atoms with Gasteiger partial charge in [-0.25, -0.2) is 4.98 Å². The lowest BCUT2D eigenvalue weighted by Gasteiger charge is -2.27. The molecule has 90 valence electrons. The van der Waals surface area contributed by atoms with Crippen LogP contribution in [0, 0.1) is 5.92 Å². The van der Waals surface area contributed by atoms with Gasteiger partial charge in [-0.1, -0.05) is 13.8 Å². The van der Waals surface area contributed by atoms with E-state index in [-0.39, 0.29) is 11.9 Å². The quantitative estimate of drug-likeness (QED) is 0.879. The molecule has 1 rings (SSSR count). The number of rotatable bonds is 4. The summed E-state index contributed by atoms with van der Waals surface area (Å²) >= 11 is 1.30. The van der Waals surface area contributed by atoms with E-state index >= 15 is 0 Å². The molecular weight excluding hydrogens is 222 g/mol. The number of nitrogens with zero attached hydrogens (tertiary/aromatic N) is 2. The van der Waals surface area contributed by atoms with Gasteiger partial charge in [-0.15, -0.1) is 11.3 Å². The van der Waals surface area contributed by atoms with Crippen molar-refractivity contribution in [3.8, 4) is 0 Å². The Labute approximate surface area is 100 Å². The summed E-state index contributed by atoms with van der Waals surface area (Å²) in [6, 6.07) is 0.179. The SMILES string of the molecule is CC(C)CN(C(=O)c1csc(N)n1)C(C)C. The predicted molar refractivity (Wildman–Crippen MR) is 67.5 cm³/mol. The third-order valence-corrected chi connectivity index (χ3v) is 2.86. The van der Waals surface area contributed by atoms with Crippen LogP contribution in [-0.2, 0) is 0 Å². The van der Waals surface area contributed by atoms with E-state index in [0.717, 1.165) is 6.54 Å². The van der Waals surface area contributed by atoms with Gasteiger partial charge in [-0.2, -0.15) is 0 Å². The smallest absolute Gasteiger partial charge is 0.273 e. The molecule has 0 aliphatic rings.